The van der Waals surface area contributed by atoms with Crippen LogP contribution in [-0.4, -0.2) is 47.4 Å². The minimum Gasteiger partial charge on any atom is -0.374 e. The van der Waals surface area contributed by atoms with E-state index in [1.807, 2.05) is 23.1 Å². The largest absolute Gasteiger partial charge is 0.374 e. The van der Waals surface area contributed by atoms with E-state index in [1.54, 1.807) is 24.5 Å². The molecule has 2 aliphatic rings. The number of pyridine rings is 1. The normalized spacial score (nSPS) is 19.0. The molecular formula is C20H22N4O3. The Labute approximate surface area is 157 Å². The van der Waals surface area contributed by atoms with Gasteiger partial charge in [-0.1, -0.05) is 6.07 Å². The van der Waals surface area contributed by atoms with Gasteiger partial charge in [0.05, 0.1) is 30.6 Å². The predicted molar refractivity (Wildman–Crippen MR) is 102 cm³/mol. The summed E-state index contributed by atoms with van der Waals surface area (Å²) in [4.78, 5) is 30.4. The number of nitrogens with zero attached hydrogens (tertiary/aromatic N) is 2. The fourth-order valence-corrected chi connectivity index (χ4v) is 3.44. The van der Waals surface area contributed by atoms with Crippen LogP contribution in [0.15, 0.2) is 42.7 Å². The summed E-state index contributed by atoms with van der Waals surface area (Å²) in [6.07, 6.45) is 5.39. The van der Waals surface area contributed by atoms with Crippen molar-refractivity contribution >= 4 is 23.2 Å². The highest BCUT2D eigenvalue weighted by Crippen LogP contribution is 2.27. The van der Waals surface area contributed by atoms with Crippen LogP contribution in [0.1, 0.15) is 28.8 Å². The number of amides is 2. The second kappa shape index (κ2) is 7.75. The van der Waals surface area contributed by atoms with E-state index in [-0.39, 0.29) is 24.5 Å². The molecule has 0 aliphatic carbocycles. The summed E-state index contributed by atoms with van der Waals surface area (Å²) in [7, 11) is 0. The van der Waals surface area contributed by atoms with E-state index in [9.17, 15) is 9.59 Å². The number of hydrogen-bond donors (Lipinski definition) is 2. The summed E-state index contributed by atoms with van der Waals surface area (Å²) in [5, 5.41) is 5.84. The molecule has 1 fully saturated rings. The molecule has 0 saturated carbocycles. The van der Waals surface area contributed by atoms with Crippen molar-refractivity contribution in [1.29, 1.82) is 0 Å². The zero-order chi connectivity index (χ0) is 18.6. The fraction of sp³-hybridized carbons (Fsp3) is 0.350. The minimum atomic E-state index is -0.103. The molecule has 2 aliphatic heterocycles. The van der Waals surface area contributed by atoms with Gasteiger partial charge in [-0.15, -0.1) is 0 Å². The summed E-state index contributed by atoms with van der Waals surface area (Å²) in [6, 6.07) is 9.24. The third-order valence-electron chi connectivity index (χ3n) is 4.85. The van der Waals surface area contributed by atoms with Crippen LogP contribution in [0.4, 0.5) is 11.4 Å². The molecule has 1 aromatic heterocycles. The van der Waals surface area contributed by atoms with E-state index in [2.05, 4.69) is 15.6 Å². The molecular weight excluding hydrogens is 344 g/mol. The Morgan fingerprint density at radius 2 is 2.22 bits per heavy atom. The van der Waals surface area contributed by atoms with Gasteiger partial charge in [0.25, 0.3) is 5.91 Å². The molecule has 7 nitrogen and oxygen atoms in total. The van der Waals surface area contributed by atoms with E-state index in [0.717, 1.165) is 24.1 Å². The molecule has 0 spiro atoms. The summed E-state index contributed by atoms with van der Waals surface area (Å²) >= 11 is 0. The Morgan fingerprint density at radius 1 is 1.30 bits per heavy atom. The number of hydrogen-bond acceptors (Lipinski definition) is 5. The topological polar surface area (TPSA) is 83.6 Å². The van der Waals surface area contributed by atoms with Crippen LogP contribution in [0, 0.1) is 0 Å². The Morgan fingerprint density at radius 3 is 3.07 bits per heavy atom. The summed E-state index contributed by atoms with van der Waals surface area (Å²) in [5.41, 5.74) is 3.09. The van der Waals surface area contributed by atoms with E-state index in [1.165, 1.54) is 0 Å². The first-order valence-electron chi connectivity index (χ1n) is 9.16. The summed E-state index contributed by atoms with van der Waals surface area (Å²) < 4.78 is 5.99. The van der Waals surface area contributed by atoms with Crippen LogP contribution in [0.25, 0.3) is 0 Å². The summed E-state index contributed by atoms with van der Waals surface area (Å²) in [5.74, 6) is -0.138. The third kappa shape index (κ3) is 4.09. The molecule has 1 saturated heterocycles. The van der Waals surface area contributed by atoms with Crippen LogP contribution in [0.5, 0.6) is 0 Å². The molecule has 0 bridgehead atoms. The Balaban J connectivity index is 1.40. The van der Waals surface area contributed by atoms with Gasteiger partial charge >= 0.3 is 0 Å². The van der Waals surface area contributed by atoms with Crippen molar-refractivity contribution in [2.24, 2.45) is 0 Å². The van der Waals surface area contributed by atoms with E-state index >= 15 is 0 Å². The van der Waals surface area contributed by atoms with E-state index < -0.39 is 0 Å². The van der Waals surface area contributed by atoms with Gasteiger partial charge in [-0.3, -0.25) is 14.6 Å². The van der Waals surface area contributed by atoms with Gasteiger partial charge in [0.1, 0.15) is 0 Å². The van der Waals surface area contributed by atoms with Crippen LogP contribution >= 0.6 is 0 Å². The lowest BCUT2D eigenvalue weighted by Gasteiger charge is -2.33. The summed E-state index contributed by atoms with van der Waals surface area (Å²) in [6.45, 7) is 2.04. The molecule has 3 heterocycles. The van der Waals surface area contributed by atoms with Crippen molar-refractivity contribution in [3.8, 4) is 0 Å². The minimum absolute atomic E-state index is 0.0157. The van der Waals surface area contributed by atoms with Crippen molar-refractivity contribution in [2.45, 2.75) is 25.6 Å². The predicted octanol–water partition coefficient (Wildman–Crippen LogP) is 2.27. The van der Waals surface area contributed by atoms with Crippen molar-refractivity contribution in [2.75, 3.05) is 30.3 Å². The molecule has 1 aromatic carbocycles. The zero-order valence-electron chi connectivity index (χ0n) is 15.0. The average molecular weight is 366 g/mol. The maximum absolute atomic E-state index is 12.9. The lowest BCUT2D eigenvalue weighted by atomic mass is 10.1. The number of carbonyl (C=O) groups excluding carboxylic acids is 2. The lowest BCUT2D eigenvalue weighted by Crippen LogP contribution is -2.43. The first-order chi connectivity index (χ1) is 13.2. The van der Waals surface area contributed by atoms with Crippen LogP contribution < -0.4 is 10.6 Å². The number of ether oxygens (including phenoxy) is 1. The molecule has 4 rings (SSSR count). The Hall–Kier alpha value is -2.93. The highest BCUT2D eigenvalue weighted by molar-refractivity contribution is 6.03. The van der Waals surface area contributed by atoms with Gasteiger partial charge in [0.15, 0.2) is 0 Å². The van der Waals surface area contributed by atoms with Gasteiger partial charge in [-0.05, 0) is 42.7 Å². The average Bonchev–Trinajstić information content (AvgIpc) is 2.72. The highest BCUT2D eigenvalue weighted by atomic mass is 16.5. The first kappa shape index (κ1) is 17.5. The van der Waals surface area contributed by atoms with Gasteiger partial charge < -0.3 is 20.3 Å². The molecule has 0 radical (unpaired) electrons. The number of anilines is 2. The van der Waals surface area contributed by atoms with E-state index in [0.29, 0.717) is 30.9 Å². The van der Waals surface area contributed by atoms with Gasteiger partial charge in [-0.2, -0.15) is 0 Å². The quantitative estimate of drug-likeness (QED) is 0.867. The highest BCUT2D eigenvalue weighted by Gasteiger charge is 2.26. The number of likely N-dealkylation sites (tertiary alicyclic amines) is 1. The number of piperidine rings is 1. The Bertz CT molecular complexity index is 840. The Kier molecular flexibility index (Phi) is 5.02. The maximum atomic E-state index is 12.9. The van der Waals surface area contributed by atoms with Crippen LogP contribution in [0.3, 0.4) is 0 Å². The monoisotopic (exact) mass is 366 g/mol. The standard InChI is InChI=1S/C20H22N4O3/c25-19-11-22-17-6-5-15(9-18(17)23-19)20(26)24-8-2-4-16(12-24)27-13-14-3-1-7-21-10-14/h1,3,5-7,9-10,16,22H,2,4,8,11-13H2,(H,23,25)/t16-/m0/s1. The first-order valence-corrected chi connectivity index (χ1v) is 9.16. The van der Waals surface area contributed by atoms with Crippen molar-refractivity contribution in [1.82, 2.24) is 9.88 Å². The van der Waals surface area contributed by atoms with Crippen molar-refractivity contribution in [3.63, 3.8) is 0 Å². The SMILES string of the molecule is O=C1CNc2ccc(C(=O)N3CCC[C@H](OCc4cccnc4)C3)cc2N1. The van der Waals surface area contributed by atoms with Crippen LogP contribution in [-0.2, 0) is 16.1 Å². The second-order valence-electron chi connectivity index (χ2n) is 6.85. The lowest BCUT2D eigenvalue weighted by molar-refractivity contribution is -0.114. The molecule has 0 unspecified atom stereocenters. The maximum Gasteiger partial charge on any atom is 0.254 e. The van der Waals surface area contributed by atoms with Crippen LogP contribution in [0.2, 0.25) is 0 Å². The molecule has 2 N–H and O–H groups in total. The molecule has 140 valence electrons. The number of benzene rings is 1. The number of fused-ring (bicyclic) bond motifs is 1. The van der Waals surface area contributed by atoms with Gasteiger partial charge in [-0.25, -0.2) is 0 Å². The van der Waals surface area contributed by atoms with E-state index in [4.69, 9.17) is 4.74 Å². The smallest absolute Gasteiger partial charge is 0.254 e. The number of carbonyl (C=O) groups is 2. The zero-order valence-corrected chi connectivity index (χ0v) is 15.0. The van der Waals surface area contributed by atoms with Crippen molar-refractivity contribution in [3.05, 3.63) is 53.9 Å². The van der Waals surface area contributed by atoms with Gasteiger partial charge in [0.2, 0.25) is 5.91 Å². The molecule has 2 aromatic rings. The third-order valence-corrected chi connectivity index (χ3v) is 4.85. The molecule has 27 heavy (non-hydrogen) atoms. The number of rotatable bonds is 4. The molecule has 7 heteroatoms. The number of nitrogens with one attached hydrogen (secondary N) is 2. The van der Waals surface area contributed by atoms with Crippen molar-refractivity contribution < 1.29 is 14.3 Å². The molecule has 2 amide bonds. The second-order valence-corrected chi connectivity index (χ2v) is 6.85. The van der Waals surface area contributed by atoms with Gasteiger partial charge in [0, 0.05) is 31.0 Å². The fourth-order valence-electron chi connectivity index (χ4n) is 3.44. The number of aromatic nitrogens is 1. The molecule has 1 atom stereocenters.